The standard InChI is InChI=1S/C15H16N4O/c1-10-11(2)17-18-15(14(10)8-16)19(12-5-6-12)9-13-4-3-7-20-13/h3-4,7,12H,5-6,9H2,1-2H3. The highest BCUT2D eigenvalue weighted by atomic mass is 16.3. The van der Waals surface area contributed by atoms with Crippen molar-refractivity contribution in [3.05, 3.63) is 41.0 Å². The predicted molar refractivity (Wildman–Crippen MR) is 74.1 cm³/mol. The fourth-order valence-electron chi connectivity index (χ4n) is 2.26. The van der Waals surface area contributed by atoms with Crippen LogP contribution in [-0.2, 0) is 6.54 Å². The average molecular weight is 268 g/mol. The summed E-state index contributed by atoms with van der Waals surface area (Å²) >= 11 is 0. The third-order valence-corrected chi connectivity index (χ3v) is 3.71. The molecule has 3 rings (SSSR count). The smallest absolute Gasteiger partial charge is 0.170 e. The summed E-state index contributed by atoms with van der Waals surface area (Å²) < 4.78 is 5.42. The molecule has 20 heavy (non-hydrogen) atoms. The Balaban J connectivity index is 2.00. The maximum atomic E-state index is 9.43. The maximum Gasteiger partial charge on any atom is 0.170 e. The van der Waals surface area contributed by atoms with Gasteiger partial charge in [0, 0.05) is 6.04 Å². The molecule has 0 atom stereocenters. The van der Waals surface area contributed by atoms with Crippen LogP contribution < -0.4 is 4.90 Å². The molecule has 0 unspecified atom stereocenters. The van der Waals surface area contributed by atoms with Crippen LogP contribution in [0.1, 0.15) is 35.4 Å². The Kier molecular flexibility index (Phi) is 3.15. The van der Waals surface area contributed by atoms with E-state index in [0.29, 0.717) is 24.0 Å². The minimum atomic E-state index is 0.434. The van der Waals surface area contributed by atoms with Gasteiger partial charge in [0.05, 0.1) is 18.5 Å². The largest absolute Gasteiger partial charge is 0.467 e. The van der Waals surface area contributed by atoms with Gasteiger partial charge in [-0.05, 0) is 44.4 Å². The first-order valence-corrected chi connectivity index (χ1v) is 6.73. The molecule has 5 heteroatoms. The molecule has 1 saturated carbocycles. The molecule has 2 heterocycles. The van der Waals surface area contributed by atoms with Gasteiger partial charge in [-0.3, -0.25) is 0 Å². The highest BCUT2D eigenvalue weighted by Crippen LogP contribution is 2.34. The van der Waals surface area contributed by atoms with Gasteiger partial charge in [-0.2, -0.15) is 10.4 Å². The molecule has 0 amide bonds. The highest BCUT2D eigenvalue weighted by Gasteiger charge is 2.33. The molecular weight excluding hydrogens is 252 g/mol. The zero-order valence-electron chi connectivity index (χ0n) is 11.6. The van der Waals surface area contributed by atoms with E-state index >= 15 is 0 Å². The molecule has 0 bridgehead atoms. The molecule has 0 aromatic carbocycles. The molecule has 1 aliphatic rings. The second kappa shape index (κ2) is 4.97. The summed E-state index contributed by atoms with van der Waals surface area (Å²) in [6.45, 7) is 4.43. The van der Waals surface area contributed by atoms with E-state index in [1.165, 1.54) is 0 Å². The van der Waals surface area contributed by atoms with Gasteiger partial charge in [0.1, 0.15) is 17.4 Å². The molecule has 1 aliphatic carbocycles. The molecule has 5 nitrogen and oxygen atoms in total. The summed E-state index contributed by atoms with van der Waals surface area (Å²) in [5.74, 6) is 1.55. The normalized spacial score (nSPS) is 14.1. The summed E-state index contributed by atoms with van der Waals surface area (Å²) in [4.78, 5) is 2.14. The summed E-state index contributed by atoms with van der Waals surface area (Å²) in [6, 6.07) is 6.52. The lowest BCUT2D eigenvalue weighted by Gasteiger charge is -2.23. The highest BCUT2D eigenvalue weighted by molar-refractivity contribution is 5.58. The second-order valence-electron chi connectivity index (χ2n) is 5.16. The number of anilines is 1. The van der Waals surface area contributed by atoms with Crippen molar-refractivity contribution in [2.75, 3.05) is 4.90 Å². The number of nitrogens with zero attached hydrogens (tertiary/aromatic N) is 4. The number of aromatic nitrogens is 2. The van der Waals surface area contributed by atoms with E-state index in [2.05, 4.69) is 21.2 Å². The van der Waals surface area contributed by atoms with Gasteiger partial charge in [-0.15, -0.1) is 5.10 Å². The van der Waals surface area contributed by atoms with Gasteiger partial charge < -0.3 is 9.32 Å². The van der Waals surface area contributed by atoms with E-state index in [0.717, 1.165) is 29.9 Å². The van der Waals surface area contributed by atoms with Gasteiger partial charge in [0.15, 0.2) is 5.82 Å². The first-order chi connectivity index (χ1) is 9.70. The Morgan fingerprint density at radius 1 is 1.40 bits per heavy atom. The monoisotopic (exact) mass is 268 g/mol. The van der Waals surface area contributed by atoms with Gasteiger partial charge in [0.2, 0.25) is 0 Å². The summed E-state index contributed by atoms with van der Waals surface area (Å²) in [7, 11) is 0. The molecular formula is C15H16N4O. The third kappa shape index (κ3) is 2.25. The number of furan rings is 1. The zero-order chi connectivity index (χ0) is 14.1. The molecule has 2 aromatic rings. The van der Waals surface area contributed by atoms with Crippen LogP contribution in [0, 0.1) is 25.2 Å². The number of rotatable bonds is 4. The maximum absolute atomic E-state index is 9.43. The third-order valence-electron chi connectivity index (χ3n) is 3.71. The Morgan fingerprint density at radius 3 is 2.80 bits per heavy atom. The van der Waals surface area contributed by atoms with Crippen molar-refractivity contribution in [1.29, 1.82) is 5.26 Å². The van der Waals surface area contributed by atoms with Crippen LogP contribution in [0.2, 0.25) is 0 Å². The van der Waals surface area contributed by atoms with Crippen LogP contribution in [0.3, 0.4) is 0 Å². The molecule has 0 aliphatic heterocycles. The average Bonchev–Trinajstić information content (AvgIpc) is 3.16. The van der Waals surface area contributed by atoms with Crippen LogP contribution in [0.25, 0.3) is 0 Å². The van der Waals surface area contributed by atoms with E-state index in [9.17, 15) is 5.26 Å². The van der Waals surface area contributed by atoms with Gasteiger partial charge in [-0.1, -0.05) is 0 Å². The van der Waals surface area contributed by atoms with Crippen molar-refractivity contribution in [3.8, 4) is 6.07 Å². The van der Waals surface area contributed by atoms with E-state index < -0.39 is 0 Å². The molecule has 102 valence electrons. The van der Waals surface area contributed by atoms with E-state index in [1.807, 2.05) is 26.0 Å². The fourth-order valence-corrected chi connectivity index (χ4v) is 2.26. The predicted octanol–water partition coefficient (Wildman–Crippen LogP) is 2.73. The minimum absolute atomic E-state index is 0.434. The molecule has 0 radical (unpaired) electrons. The number of hydrogen-bond acceptors (Lipinski definition) is 5. The molecule has 0 N–H and O–H groups in total. The SMILES string of the molecule is Cc1nnc(N(Cc2ccco2)C2CC2)c(C#N)c1C. The van der Waals surface area contributed by atoms with Crippen molar-refractivity contribution in [3.63, 3.8) is 0 Å². The second-order valence-corrected chi connectivity index (χ2v) is 5.16. The van der Waals surface area contributed by atoms with Crippen molar-refractivity contribution < 1.29 is 4.42 Å². The quantitative estimate of drug-likeness (QED) is 0.853. The first kappa shape index (κ1) is 12.7. The lowest BCUT2D eigenvalue weighted by atomic mass is 10.1. The van der Waals surface area contributed by atoms with E-state index in [4.69, 9.17) is 4.42 Å². The number of hydrogen-bond donors (Lipinski definition) is 0. The Morgan fingerprint density at radius 2 is 2.20 bits per heavy atom. The lowest BCUT2D eigenvalue weighted by molar-refractivity contribution is 0.499. The number of aryl methyl sites for hydroxylation is 1. The van der Waals surface area contributed by atoms with Crippen LogP contribution >= 0.6 is 0 Å². The fraction of sp³-hybridized carbons (Fsp3) is 0.400. The Bertz CT molecular complexity index is 653. The van der Waals surface area contributed by atoms with Crippen molar-refractivity contribution >= 4 is 5.82 Å². The summed E-state index contributed by atoms with van der Waals surface area (Å²) in [6.07, 6.45) is 3.91. The Labute approximate surface area is 117 Å². The van der Waals surface area contributed by atoms with Gasteiger partial charge >= 0.3 is 0 Å². The topological polar surface area (TPSA) is 66.0 Å². The number of nitriles is 1. The van der Waals surface area contributed by atoms with Crippen LogP contribution in [0.15, 0.2) is 22.8 Å². The van der Waals surface area contributed by atoms with Crippen molar-refractivity contribution in [2.24, 2.45) is 0 Å². The van der Waals surface area contributed by atoms with Crippen LogP contribution in [0.5, 0.6) is 0 Å². The van der Waals surface area contributed by atoms with Crippen LogP contribution in [-0.4, -0.2) is 16.2 Å². The van der Waals surface area contributed by atoms with Gasteiger partial charge in [-0.25, -0.2) is 0 Å². The minimum Gasteiger partial charge on any atom is -0.467 e. The van der Waals surface area contributed by atoms with Gasteiger partial charge in [0.25, 0.3) is 0 Å². The van der Waals surface area contributed by atoms with Crippen molar-refractivity contribution in [2.45, 2.75) is 39.3 Å². The Hall–Kier alpha value is -2.35. The van der Waals surface area contributed by atoms with E-state index in [1.54, 1.807) is 6.26 Å². The molecule has 0 saturated heterocycles. The molecule has 1 fully saturated rings. The lowest BCUT2D eigenvalue weighted by Crippen LogP contribution is -2.27. The molecule has 2 aromatic heterocycles. The summed E-state index contributed by atoms with van der Waals surface area (Å²) in [5.41, 5.74) is 2.33. The first-order valence-electron chi connectivity index (χ1n) is 6.73. The van der Waals surface area contributed by atoms with E-state index in [-0.39, 0.29) is 0 Å². The van der Waals surface area contributed by atoms with Crippen LogP contribution in [0.4, 0.5) is 5.82 Å². The zero-order valence-corrected chi connectivity index (χ0v) is 11.6. The van der Waals surface area contributed by atoms with Crippen molar-refractivity contribution in [1.82, 2.24) is 10.2 Å². The summed E-state index contributed by atoms with van der Waals surface area (Å²) in [5, 5.41) is 17.9. The molecule has 0 spiro atoms.